The van der Waals surface area contributed by atoms with Gasteiger partial charge in [0.15, 0.2) is 5.78 Å². The van der Waals surface area contributed by atoms with Crippen LogP contribution in [0.3, 0.4) is 0 Å². The molecule has 0 saturated carbocycles. The number of nitrogens with one attached hydrogen (secondary N) is 2. The summed E-state index contributed by atoms with van der Waals surface area (Å²) in [7, 11) is 1.76. The monoisotopic (exact) mass is 346 g/mol. The lowest BCUT2D eigenvalue weighted by Gasteiger charge is -2.22. The van der Waals surface area contributed by atoms with Gasteiger partial charge in [0.25, 0.3) is 5.91 Å². The van der Waals surface area contributed by atoms with Crippen molar-refractivity contribution < 1.29 is 14.7 Å². The normalized spacial score (nSPS) is 13.5. The summed E-state index contributed by atoms with van der Waals surface area (Å²) in [6, 6.07) is 0. The molecule has 25 heavy (non-hydrogen) atoms. The molecule has 2 aromatic heterocycles. The number of hydrogen-bond acceptors (Lipinski definition) is 4. The Hall–Kier alpha value is -2.41. The molecule has 3 N–H and O–H groups in total. The van der Waals surface area contributed by atoms with Gasteiger partial charge in [0, 0.05) is 30.1 Å². The highest BCUT2D eigenvalue weighted by molar-refractivity contribution is 6.02. The lowest BCUT2D eigenvalue weighted by Crippen LogP contribution is -2.38. The average molecular weight is 346 g/mol. The van der Waals surface area contributed by atoms with Crippen LogP contribution in [0.15, 0.2) is 12.4 Å². The Bertz CT molecular complexity index is 786. The molecular weight excluding hydrogens is 320 g/mol. The van der Waals surface area contributed by atoms with Crippen LogP contribution in [0.1, 0.15) is 64.9 Å². The van der Waals surface area contributed by atoms with Gasteiger partial charge in [-0.05, 0) is 32.8 Å². The number of carbonyl (C=O) groups is 2. The molecule has 0 fully saturated rings. The third-order valence-corrected chi connectivity index (χ3v) is 4.29. The van der Waals surface area contributed by atoms with E-state index in [1.54, 1.807) is 38.0 Å². The van der Waals surface area contributed by atoms with Gasteiger partial charge in [0.2, 0.25) is 0 Å². The van der Waals surface area contributed by atoms with Crippen molar-refractivity contribution in [2.45, 2.75) is 46.1 Å². The van der Waals surface area contributed by atoms with Crippen molar-refractivity contribution in [2.75, 3.05) is 6.54 Å². The second-order valence-corrected chi connectivity index (χ2v) is 6.64. The van der Waals surface area contributed by atoms with Crippen LogP contribution >= 0.6 is 0 Å². The van der Waals surface area contributed by atoms with Crippen LogP contribution in [0.5, 0.6) is 0 Å². The highest BCUT2D eigenvalue weighted by atomic mass is 16.3. The summed E-state index contributed by atoms with van der Waals surface area (Å²) < 4.78 is 1.60. The minimum Gasteiger partial charge on any atom is -0.383 e. The first kappa shape index (κ1) is 18.9. The van der Waals surface area contributed by atoms with Crippen molar-refractivity contribution in [1.29, 1.82) is 0 Å². The molecule has 0 spiro atoms. The van der Waals surface area contributed by atoms with Crippen molar-refractivity contribution in [3.8, 4) is 0 Å². The van der Waals surface area contributed by atoms with Gasteiger partial charge in [-0.25, -0.2) is 0 Å². The molecule has 2 heterocycles. The SMILES string of the molecule is CCCc1c(C(=O)NCC(C)(O)c2cnn(C)c2)[nH]c(C)c1C(C)=O. The highest BCUT2D eigenvalue weighted by Gasteiger charge is 2.27. The maximum absolute atomic E-state index is 12.6. The van der Waals surface area contributed by atoms with Crippen LogP contribution in [0.25, 0.3) is 0 Å². The predicted molar refractivity (Wildman–Crippen MR) is 94.6 cm³/mol. The number of aromatic nitrogens is 3. The predicted octanol–water partition coefficient (Wildman–Crippen LogP) is 1.85. The molecule has 1 unspecified atom stereocenters. The van der Waals surface area contributed by atoms with E-state index in [9.17, 15) is 14.7 Å². The number of nitrogens with zero attached hydrogens (tertiary/aromatic N) is 2. The zero-order valence-electron chi connectivity index (χ0n) is 15.4. The molecule has 7 heteroatoms. The zero-order valence-corrected chi connectivity index (χ0v) is 15.4. The summed E-state index contributed by atoms with van der Waals surface area (Å²) in [4.78, 5) is 27.6. The second kappa shape index (κ2) is 7.23. The topological polar surface area (TPSA) is 100 Å². The summed E-state index contributed by atoms with van der Waals surface area (Å²) in [6.07, 6.45) is 4.74. The Morgan fingerprint density at radius 1 is 1.44 bits per heavy atom. The molecule has 0 aliphatic rings. The van der Waals surface area contributed by atoms with Gasteiger partial charge < -0.3 is 15.4 Å². The number of H-pyrrole nitrogens is 1. The van der Waals surface area contributed by atoms with Crippen molar-refractivity contribution in [2.24, 2.45) is 7.05 Å². The number of hydrogen-bond donors (Lipinski definition) is 3. The smallest absolute Gasteiger partial charge is 0.268 e. The van der Waals surface area contributed by atoms with E-state index < -0.39 is 5.60 Å². The van der Waals surface area contributed by atoms with Gasteiger partial charge in [0.1, 0.15) is 11.3 Å². The molecule has 136 valence electrons. The molecule has 7 nitrogen and oxygen atoms in total. The van der Waals surface area contributed by atoms with Gasteiger partial charge in [-0.3, -0.25) is 14.3 Å². The van der Waals surface area contributed by atoms with E-state index in [0.29, 0.717) is 28.9 Å². The minimum absolute atomic E-state index is 0.0383. The molecule has 1 atom stereocenters. The molecule has 2 rings (SSSR count). The van der Waals surface area contributed by atoms with Crippen LogP contribution in [0.2, 0.25) is 0 Å². The fraction of sp³-hybridized carbons (Fsp3) is 0.500. The third kappa shape index (κ3) is 3.99. The number of amides is 1. The van der Waals surface area contributed by atoms with Gasteiger partial charge >= 0.3 is 0 Å². The van der Waals surface area contributed by atoms with E-state index in [0.717, 1.165) is 12.0 Å². The number of aliphatic hydroxyl groups is 1. The number of aryl methyl sites for hydroxylation is 2. The summed E-state index contributed by atoms with van der Waals surface area (Å²) in [6.45, 7) is 6.96. The Kier molecular flexibility index (Phi) is 5.47. The van der Waals surface area contributed by atoms with E-state index >= 15 is 0 Å². The molecule has 0 aliphatic heterocycles. The van der Waals surface area contributed by atoms with Crippen LogP contribution in [-0.2, 0) is 19.1 Å². The average Bonchev–Trinajstić information content (AvgIpc) is 3.09. The summed E-state index contributed by atoms with van der Waals surface area (Å²) in [5.41, 5.74) is 1.81. The molecule has 0 bridgehead atoms. The largest absolute Gasteiger partial charge is 0.383 e. The fourth-order valence-electron chi connectivity index (χ4n) is 2.99. The summed E-state index contributed by atoms with van der Waals surface area (Å²) >= 11 is 0. The molecule has 0 aromatic carbocycles. The quantitative estimate of drug-likeness (QED) is 0.666. The van der Waals surface area contributed by atoms with Crippen LogP contribution < -0.4 is 5.32 Å². The van der Waals surface area contributed by atoms with Crippen LogP contribution in [0.4, 0.5) is 0 Å². The number of aromatic amines is 1. The number of carbonyl (C=O) groups excluding carboxylic acids is 2. The fourth-order valence-corrected chi connectivity index (χ4v) is 2.99. The Morgan fingerprint density at radius 3 is 2.64 bits per heavy atom. The molecule has 1 amide bonds. The van der Waals surface area contributed by atoms with Gasteiger partial charge in [-0.1, -0.05) is 13.3 Å². The van der Waals surface area contributed by atoms with Crippen molar-refractivity contribution in [1.82, 2.24) is 20.1 Å². The van der Waals surface area contributed by atoms with E-state index in [-0.39, 0.29) is 18.2 Å². The highest BCUT2D eigenvalue weighted by Crippen LogP contribution is 2.22. The Labute approximate surface area is 147 Å². The van der Waals surface area contributed by atoms with Crippen LogP contribution in [0, 0.1) is 6.92 Å². The number of rotatable bonds is 7. The first-order chi connectivity index (χ1) is 11.7. The molecule has 2 aromatic rings. The second-order valence-electron chi connectivity index (χ2n) is 6.64. The van der Waals surface area contributed by atoms with E-state index in [1.165, 1.54) is 6.92 Å². The third-order valence-electron chi connectivity index (χ3n) is 4.29. The molecule has 0 aliphatic carbocycles. The Morgan fingerprint density at radius 2 is 2.12 bits per heavy atom. The molecular formula is C18H26N4O3. The maximum atomic E-state index is 12.6. The number of ketones is 1. The minimum atomic E-state index is -1.24. The maximum Gasteiger partial charge on any atom is 0.268 e. The lowest BCUT2D eigenvalue weighted by molar-refractivity contribution is 0.0524. The first-order valence-electron chi connectivity index (χ1n) is 8.39. The Balaban J connectivity index is 2.21. The number of Topliss-reactive ketones (excluding diaryl/α,β-unsaturated/α-hetero) is 1. The van der Waals surface area contributed by atoms with E-state index in [4.69, 9.17) is 0 Å². The van der Waals surface area contributed by atoms with E-state index in [1.807, 2.05) is 6.92 Å². The molecule has 0 radical (unpaired) electrons. The standard InChI is InChI=1S/C18H26N4O3/c1-6-7-14-15(12(3)23)11(2)21-16(14)17(24)19-10-18(4,25)13-8-20-22(5)9-13/h8-9,21,25H,6-7,10H2,1-5H3,(H,19,24). The van der Waals surface area contributed by atoms with Crippen molar-refractivity contribution >= 4 is 11.7 Å². The zero-order chi connectivity index (χ0) is 18.8. The first-order valence-corrected chi connectivity index (χ1v) is 8.39. The van der Waals surface area contributed by atoms with Crippen LogP contribution in [-0.4, -0.2) is 38.1 Å². The van der Waals surface area contributed by atoms with Crippen molar-refractivity contribution in [3.63, 3.8) is 0 Å². The summed E-state index contributed by atoms with van der Waals surface area (Å²) in [5, 5.41) is 17.4. The summed E-state index contributed by atoms with van der Waals surface area (Å²) in [5.74, 6) is -0.387. The van der Waals surface area contributed by atoms with Crippen molar-refractivity contribution in [3.05, 3.63) is 40.5 Å². The van der Waals surface area contributed by atoms with Gasteiger partial charge in [-0.15, -0.1) is 0 Å². The lowest BCUT2D eigenvalue weighted by atomic mass is 9.99. The van der Waals surface area contributed by atoms with Gasteiger partial charge in [-0.2, -0.15) is 5.10 Å². The van der Waals surface area contributed by atoms with E-state index in [2.05, 4.69) is 15.4 Å². The van der Waals surface area contributed by atoms with Gasteiger partial charge in [0.05, 0.1) is 12.7 Å². The molecule has 0 saturated heterocycles.